The highest BCUT2D eigenvalue weighted by Gasteiger charge is 2.20. The molecule has 3 rings (SSSR count). The zero-order chi connectivity index (χ0) is 13.2. The van der Waals surface area contributed by atoms with Crippen molar-refractivity contribution in [2.24, 2.45) is 11.8 Å². The van der Waals surface area contributed by atoms with E-state index in [1.54, 1.807) is 0 Å². The van der Waals surface area contributed by atoms with Crippen LogP contribution in [0.15, 0.2) is 30.5 Å². The van der Waals surface area contributed by atoms with Gasteiger partial charge in [-0.15, -0.1) is 0 Å². The summed E-state index contributed by atoms with van der Waals surface area (Å²) in [7, 11) is 0. The van der Waals surface area contributed by atoms with E-state index in [4.69, 9.17) is 5.73 Å². The SMILES string of the molecule is CC1CCC(CNc2ccnc3cc(N)ccc23)C1. The van der Waals surface area contributed by atoms with E-state index in [9.17, 15) is 0 Å². The molecule has 2 unspecified atom stereocenters. The molecule has 3 nitrogen and oxygen atoms in total. The minimum Gasteiger partial charge on any atom is -0.399 e. The zero-order valence-electron chi connectivity index (χ0n) is 11.4. The molecule has 1 aromatic carbocycles. The molecule has 0 amide bonds. The second kappa shape index (κ2) is 5.08. The fraction of sp³-hybridized carbons (Fsp3) is 0.438. The lowest BCUT2D eigenvalue weighted by molar-refractivity contribution is 0.537. The normalized spacial score (nSPS) is 22.8. The largest absolute Gasteiger partial charge is 0.399 e. The number of benzene rings is 1. The predicted octanol–water partition coefficient (Wildman–Crippen LogP) is 3.67. The Hall–Kier alpha value is -1.77. The maximum atomic E-state index is 5.80. The van der Waals surface area contributed by atoms with Gasteiger partial charge in [-0.2, -0.15) is 0 Å². The number of anilines is 2. The van der Waals surface area contributed by atoms with E-state index >= 15 is 0 Å². The fourth-order valence-corrected chi connectivity index (χ4v) is 3.08. The standard InChI is InChI=1S/C16H21N3/c1-11-2-3-12(8-11)10-19-15-6-7-18-16-9-13(17)4-5-14(15)16/h4-7,9,11-12H,2-3,8,10,17H2,1H3,(H,18,19). The molecule has 2 aromatic rings. The van der Waals surface area contributed by atoms with E-state index < -0.39 is 0 Å². The van der Waals surface area contributed by atoms with Crippen molar-refractivity contribution in [3.63, 3.8) is 0 Å². The molecule has 2 atom stereocenters. The number of pyridine rings is 1. The van der Waals surface area contributed by atoms with E-state index in [0.717, 1.165) is 35.0 Å². The molecule has 3 heteroatoms. The van der Waals surface area contributed by atoms with E-state index in [1.165, 1.54) is 24.9 Å². The Bertz CT molecular complexity index is 579. The molecule has 1 aliphatic rings. The molecule has 1 aromatic heterocycles. The van der Waals surface area contributed by atoms with Gasteiger partial charge in [-0.3, -0.25) is 4.98 Å². The van der Waals surface area contributed by atoms with Gasteiger partial charge in [0.25, 0.3) is 0 Å². The Morgan fingerprint density at radius 2 is 2.21 bits per heavy atom. The van der Waals surface area contributed by atoms with Crippen molar-refractivity contribution < 1.29 is 0 Å². The van der Waals surface area contributed by atoms with Gasteiger partial charge in [-0.25, -0.2) is 0 Å². The molecule has 1 heterocycles. The van der Waals surface area contributed by atoms with Crippen molar-refractivity contribution in [3.05, 3.63) is 30.5 Å². The summed E-state index contributed by atoms with van der Waals surface area (Å²) in [5, 5.41) is 4.74. The lowest BCUT2D eigenvalue weighted by Gasteiger charge is -2.14. The van der Waals surface area contributed by atoms with Crippen molar-refractivity contribution in [2.75, 3.05) is 17.6 Å². The number of fused-ring (bicyclic) bond motifs is 1. The monoisotopic (exact) mass is 255 g/mol. The molecule has 0 radical (unpaired) electrons. The van der Waals surface area contributed by atoms with Gasteiger partial charge in [0.05, 0.1) is 5.52 Å². The summed E-state index contributed by atoms with van der Waals surface area (Å²) in [6.07, 6.45) is 5.93. The summed E-state index contributed by atoms with van der Waals surface area (Å²) in [5.41, 5.74) is 8.70. The molecule has 1 saturated carbocycles. The average molecular weight is 255 g/mol. The molecule has 0 saturated heterocycles. The van der Waals surface area contributed by atoms with Gasteiger partial charge in [-0.05, 0) is 48.9 Å². The fourth-order valence-electron chi connectivity index (χ4n) is 3.08. The molecule has 100 valence electrons. The van der Waals surface area contributed by atoms with Crippen LogP contribution in [-0.2, 0) is 0 Å². The van der Waals surface area contributed by atoms with Crippen molar-refractivity contribution >= 4 is 22.3 Å². The highest BCUT2D eigenvalue weighted by atomic mass is 14.9. The number of nitrogen functional groups attached to an aromatic ring is 1. The van der Waals surface area contributed by atoms with E-state index in [0.29, 0.717) is 0 Å². The number of hydrogen-bond acceptors (Lipinski definition) is 3. The van der Waals surface area contributed by atoms with Gasteiger partial charge in [0, 0.05) is 29.5 Å². The third-order valence-corrected chi connectivity index (χ3v) is 4.15. The van der Waals surface area contributed by atoms with Crippen LogP contribution in [0.2, 0.25) is 0 Å². The van der Waals surface area contributed by atoms with Crippen LogP contribution in [0.1, 0.15) is 26.2 Å². The van der Waals surface area contributed by atoms with Crippen molar-refractivity contribution in [1.82, 2.24) is 4.98 Å². The number of nitrogens with one attached hydrogen (secondary N) is 1. The Labute approximate surface area is 114 Å². The smallest absolute Gasteiger partial charge is 0.0743 e. The van der Waals surface area contributed by atoms with Gasteiger partial charge in [-0.1, -0.05) is 13.3 Å². The summed E-state index contributed by atoms with van der Waals surface area (Å²) >= 11 is 0. The van der Waals surface area contributed by atoms with E-state index in [2.05, 4.69) is 29.4 Å². The predicted molar refractivity (Wildman–Crippen MR) is 81.2 cm³/mol. The number of hydrogen-bond donors (Lipinski definition) is 2. The summed E-state index contributed by atoms with van der Waals surface area (Å²) < 4.78 is 0. The Kier molecular flexibility index (Phi) is 3.28. The maximum absolute atomic E-state index is 5.80. The molecule has 0 aliphatic heterocycles. The topological polar surface area (TPSA) is 50.9 Å². The first-order valence-electron chi connectivity index (χ1n) is 7.10. The third kappa shape index (κ3) is 2.65. The van der Waals surface area contributed by atoms with Gasteiger partial charge >= 0.3 is 0 Å². The summed E-state index contributed by atoms with van der Waals surface area (Å²) in [4.78, 5) is 4.37. The van der Waals surface area contributed by atoms with Crippen LogP contribution in [-0.4, -0.2) is 11.5 Å². The van der Waals surface area contributed by atoms with Crippen LogP contribution < -0.4 is 11.1 Å². The van der Waals surface area contributed by atoms with Gasteiger partial charge < -0.3 is 11.1 Å². The number of rotatable bonds is 3. The summed E-state index contributed by atoms with van der Waals surface area (Å²) in [5.74, 6) is 1.70. The van der Waals surface area contributed by atoms with Crippen molar-refractivity contribution in [2.45, 2.75) is 26.2 Å². The molecule has 0 spiro atoms. The highest BCUT2D eigenvalue weighted by molar-refractivity contribution is 5.92. The highest BCUT2D eigenvalue weighted by Crippen LogP contribution is 2.31. The molecule has 3 N–H and O–H groups in total. The molecular formula is C16H21N3. The first kappa shape index (κ1) is 12.3. The van der Waals surface area contributed by atoms with Crippen LogP contribution in [0.25, 0.3) is 10.9 Å². The minimum absolute atomic E-state index is 0.766. The van der Waals surface area contributed by atoms with Crippen molar-refractivity contribution in [1.29, 1.82) is 0 Å². The molecule has 1 fully saturated rings. The van der Waals surface area contributed by atoms with Gasteiger partial charge in [0.1, 0.15) is 0 Å². The van der Waals surface area contributed by atoms with Crippen LogP contribution in [0, 0.1) is 11.8 Å². The third-order valence-electron chi connectivity index (χ3n) is 4.15. The first-order chi connectivity index (χ1) is 9.22. The molecular weight excluding hydrogens is 234 g/mol. The van der Waals surface area contributed by atoms with Crippen LogP contribution in [0.5, 0.6) is 0 Å². The van der Waals surface area contributed by atoms with Gasteiger partial charge in [0.15, 0.2) is 0 Å². The number of nitrogens with two attached hydrogens (primary N) is 1. The maximum Gasteiger partial charge on any atom is 0.0743 e. The second-order valence-electron chi connectivity index (χ2n) is 5.80. The number of aromatic nitrogens is 1. The lowest BCUT2D eigenvalue weighted by atomic mass is 10.1. The molecule has 0 bridgehead atoms. The first-order valence-corrected chi connectivity index (χ1v) is 7.10. The van der Waals surface area contributed by atoms with Crippen LogP contribution >= 0.6 is 0 Å². The summed E-state index contributed by atoms with van der Waals surface area (Å²) in [6.45, 7) is 3.42. The second-order valence-corrected chi connectivity index (χ2v) is 5.80. The molecule has 1 aliphatic carbocycles. The summed E-state index contributed by atoms with van der Waals surface area (Å²) in [6, 6.07) is 7.97. The Morgan fingerprint density at radius 1 is 1.32 bits per heavy atom. The Balaban J connectivity index is 1.77. The number of nitrogens with zero attached hydrogens (tertiary/aromatic N) is 1. The van der Waals surface area contributed by atoms with Crippen LogP contribution in [0.4, 0.5) is 11.4 Å². The minimum atomic E-state index is 0.766. The molecule has 19 heavy (non-hydrogen) atoms. The van der Waals surface area contributed by atoms with E-state index in [-0.39, 0.29) is 0 Å². The average Bonchev–Trinajstić information content (AvgIpc) is 2.81. The van der Waals surface area contributed by atoms with Gasteiger partial charge in [0.2, 0.25) is 0 Å². The quantitative estimate of drug-likeness (QED) is 0.823. The Morgan fingerprint density at radius 3 is 3.00 bits per heavy atom. The van der Waals surface area contributed by atoms with Crippen LogP contribution in [0.3, 0.4) is 0 Å². The zero-order valence-corrected chi connectivity index (χ0v) is 11.4. The van der Waals surface area contributed by atoms with E-state index in [1.807, 2.05) is 18.3 Å². The van der Waals surface area contributed by atoms with Crippen molar-refractivity contribution in [3.8, 4) is 0 Å². The lowest BCUT2D eigenvalue weighted by Crippen LogP contribution is -2.11.